The van der Waals surface area contributed by atoms with E-state index < -0.39 is 5.60 Å². The molecule has 0 amide bonds. The molecular formula is C14H21FN2O2. The van der Waals surface area contributed by atoms with Gasteiger partial charge in [0.25, 0.3) is 0 Å². The third-order valence-corrected chi connectivity index (χ3v) is 3.70. The van der Waals surface area contributed by atoms with Gasteiger partial charge in [-0.1, -0.05) is 0 Å². The monoisotopic (exact) mass is 268 g/mol. The Morgan fingerprint density at radius 2 is 2.11 bits per heavy atom. The number of hydrogen-bond acceptors (Lipinski definition) is 4. The first kappa shape index (κ1) is 13.9. The van der Waals surface area contributed by atoms with Crippen LogP contribution in [-0.4, -0.2) is 30.9 Å². The maximum atomic E-state index is 14.0. The molecule has 1 aromatic rings. The van der Waals surface area contributed by atoms with Crippen molar-refractivity contribution in [3.05, 3.63) is 17.9 Å². The summed E-state index contributed by atoms with van der Waals surface area (Å²) in [5.41, 5.74) is 5.80. The lowest BCUT2D eigenvalue weighted by atomic mass is 9.98. The van der Waals surface area contributed by atoms with Gasteiger partial charge in [-0.15, -0.1) is 0 Å². The molecule has 3 N–H and O–H groups in total. The van der Waals surface area contributed by atoms with Crippen molar-refractivity contribution >= 4 is 11.4 Å². The lowest BCUT2D eigenvalue weighted by molar-refractivity contribution is 0.0481. The first-order valence-electron chi connectivity index (χ1n) is 6.53. The standard InChI is InChI=1S/C14H21FN2O2/c1-14(18)4-3-6-17(7-5-14)12-9-13(19-2)11(16)8-10(12)15/h8-9,18H,3-7,16H2,1-2H3. The predicted molar refractivity (Wildman–Crippen MR) is 74.1 cm³/mol. The quantitative estimate of drug-likeness (QED) is 0.807. The fourth-order valence-electron chi connectivity index (χ4n) is 2.48. The number of anilines is 2. The van der Waals surface area contributed by atoms with Crippen LogP contribution in [0.2, 0.25) is 0 Å². The molecule has 19 heavy (non-hydrogen) atoms. The molecule has 1 saturated heterocycles. The first-order valence-corrected chi connectivity index (χ1v) is 6.53. The highest BCUT2D eigenvalue weighted by Gasteiger charge is 2.26. The summed E-state index contributed by atoms with van der Waals surface area (Å²) in [6.07, 6.45) is 2.19. The lowest BCUT2D eigenvalue weighted by Gasteiger charge is -2.25. The van der Waals surface area contributed by atoms with Crippen molar-refractivity contribution in [2.75, 3.05) is 30.8 Å². The summed E-state index contributed by atoms with van der Waals surface area (Å²) >= 11 is 0. The molecule has 5 heteroatoms. The molecule has 1 unspecified atom stereocenters. The minimum absolute atomic E-state index is 0.297. The largest absolute Gasteiger partial charge is 0.495 e. The van der Waals surface area contributed by atoms with Crippen molar-refractivity contribution < 1.29 is 14.2 Å². The number of aliphatic hydroxyl groups is 1. The number of ether oxygens (including phenoxy) is 1. The Hall–Kier alpha value is -1.49. The number of nitrogens with zero attached hydrogens (tertiary/aromatic N) is 1. The number of nitrogens with two attached hydrogens (primary N) is 1. The normalized spacial score (nSPS) is 24.1. The van der Waals surface area contributed by atoms with E-state index in [1.54, 1.807) is 6.07 Å². The summed E-state index contributed by atoms with van der Waals surface area (Å²) in [5, 5.41) is 10.1. The van der Waals surface area contributed by atoms with Gasteiger partial charge >= 0.3 is 0 Å². The van der Waals surface area contributed by atoms with Crippen molar-refractivity contribution in [1.82, 2.24) is 0 Å². The molecule has 0 saturated carbocycles. The van der Waals surface area contributed by atoms with Gasteiger partial charge in [-0.05, 0) is 26.2 Å². The Morgan fingerprint density at radius 1 is 1.37 bits per heavy atom. The van der Waals surface area contributed by atoms with Crippen LogP contribution in [0.25, 0.3) is 0 Å². The van der Waals surface area contributed by atoms with Gasteiger partial charge in [-0.25, -0.2) is 4.39 Å². The topological polar surface area (TPSA) is 58.7 Å². The molecule has 106 valence electrons. The van der Waals surface area contributed by atoms with Crippen LogP contribution in [-0.2, 0) is 0 Å². The number of halogens is 1. The van der Waals surface area contributed by atoms with Gasteiger partial charge < -0.3 is 20.5 Å². The SMILES string of the molecule is COc1cc(N2CCCC(C)(O)CC2)c(F)cc1N. The highest BCUT2D eigenvalue weighted by molar-refractivity contribution is 5.63. The second-order valence-electron chi connectivity index (χ2n) is 5.38. The van der Waals surface area contributed by atoms with Gasteiger partial charge in [0.1, 0.15) is 11.6 Å². The molecule has 1 aliphatic heterocycles. The van der Waals surface area contributed by atoms with Gasteiger partial charge in [0.2, 0.25) is 0 Å². The molecule has 1 fully saturated rings. The van der Waals surface area contributed by atoms with E-state index in [4.69, 9.17) is 10.5 Å². The Bertz CT molecular complexity index is 463. The van der Waals surface area contributed by atoms with Gasteiger partial charge in [0.05, 0.1) is 24.1 Å². The van der Waals surface area contributed by atoms with E-state index in [-0.39, 0.29) is 5.82 Å². The van der Waals surface area contributed by atoms with Crippen LogP contribution in [0.4, 0.5) is 15.8 Å². The zero-order chi connectivity index (χ0) is 14.0. The van der Waals surface area contributed by atoms with Crippen molar-refractivity contribution in [3.63, 3.8) is 0 Å². The van der Waals surface area contributed by atoms with Gasteiger partial charge in [0, 0.05) is 25.2 Å². The van der Waals surface area contributed by atoms with Crippen molar-refractivity contribution in [2.45, 2.75) is 31.8 Å². The summed E-state index contributed by atoms with van der Waals surface area (Å²) in [6.45, 7) is 3.17. The summed E-state index contributed by atoms with van der Waals surface area (Å²) in [7, 11) is 1.51. The smallest absolute Gasteiger partial charge is 0.148 e. The van der Waals surface area contributed by atoms with E-state index in [0.717, 1.165) is 19.4 Å². The fourth-order valence-corrected chi connectivity index (χ4v) is 2.48. The molecule has 0 spiro atoms. The second kappa shape index (κ2) is 5.25. The van der Waals surface area contributed by atoms with Gasteiger partial charge in [-0.2, -0.15) is 0 Å². The minimum atomic E-state index is -0.664. The maximum Gasteiger partial charge on any atom is 0.148 e. The molecule has 0 radical (unpaired) electrons. The molecule has 1 heterocycles. The summed E-state index contributed by atoms with van der Waals surface area (Å²) in [5.74, 6) is 0.132. The fraction of sp³-hybridized carbons (Fsp3) is 0.571. The summed E-state index contributed by atoms with van der Waals surface area (Å²) < 4.78 is 19.2. The third-order valence-electron chi connectivity index (χ3n) is 3.70. The van der Waals surface area contributed by atoms with Crippen LogP contribution in [0.15, 0.2) is 12.1 Å². The van der Waals surface area contributed by atoms with Crippen molar-refractivity contribution in [3.8, 4) is 5.75 Å². The van der Waals surface area contributed by atoms with Crippen LogP contribution < -0.4 is 15.4 Å². The average Bonchev–Trinajstić information content (AvgIpc) is 2.51. The first-order chi connectivity index (χ1) is 8.93. The summed E-state index contributed by atoms with van der Waals surface area (Å²) in [6, 6.07) is 2.92. The molecular weight excluding hydrogens is 247 g/mol. The maximum absolute atomic E-state index is 14.0. The Balaban J connectivity index is 2.26. The van der Waals surface area contributed by atoms with Crippen LogP contribution >= 0.6 is 0 Å². The van der Waals surface area contributed by atoms with E-state index in [2.05, 4.69) is 0 Å². The Labute approximate surface area is 113 Å². The van der Waals surface area contributed by atoms with E-state index in [1.807, 2.05) is 11.8 Å². The predicted octanol–water partition coefficient (Wildman–Crippen LogP) is 2.16. The molecule has 2 rings (SSSR count). The Kier molecular flexibility index (Phi) is 3.85. The van der Waals surface area contributed by atoms with E-state index in [0.29, 0.717) is 30.1 Å². The number of nitrogen functional groups attached to an aromatic ring is 1. The molecule has 0 aliphatic carbocycles. The van der Waals surface area contributed by atoms with Crippen molar-refractivity contribution in [2.24, 2.45) is 0 Å². The highest BCUT2D eigenvalue weighted by Crippen LogP contribution is 2.33. The third kappa shape index (κ3) is 3.10. The average molecular weight is 268 g/mol. The minimum Gasteiger partial charge on any atom is -0.495 e. The molecule has 0 bridgehead atoms. The van der Waals surface area contributed by atoms with E-state index in [9.17, 15) is 9.50 Å². The second-order valence-corrected chi connectivity index (χ2v) is 5.38. The van der Waals surface area contributed by atoms with Gasteiger partial charge in [-0.3, -0.25) is 0 Å². The zero-order valence-electron chi connectivity index (χ0n) is 11.4. The van der Waals surface area contributed by atoms with Crippen LogP contribution in [0.5, 0.6) is 5.75 Å². The van der Waals surface area contributed by atoms with Crippen LogP contribution in [0, 0.1) is 5.82 Å². The number of methoxy groups -OCH3 is 1. The van der Waals surface area contributed by atoms with E-state index >= 15 is 0 Å². The molecule has 1 aliphatic rings. The lowest BCUT2D eigenvalue weighted by Crippen LogP contribution is -2.28. The molecule has 1 atom stereocenters. The van der Waals surface area contributed by atoms with E-state index in [1.165, 1.54) is 13.2 Å². The van der Waals surface area contributed by atoms with Crippen LogP contribution in [0.3, 0.4) is 0 Å². The van der Waals surface area contributed by atoms with Gasteiger partial charge in [0.15, 0.2) is 0 Å². The van der Waals surface area contributed by atoms with Crippen LogP contribution in [0.1, 0.15) is 26.2 Å². The Morgan fingerprint density at radius 3 is 2.79 bits per heavy atom. The zero-order valence-corrected chi connectivity index (χ0v) is 11.4. The summed E-state index contributed by atoms with van der Waals surface area (Å²) in [4.78, 5) is 1.94. The number of hydrogen-bond donors (Lipinski definition) is 2. The molecule has 1 aromatic carbocycles. The number of rotatable bonds is 2. The van der Waals surface area contributed by atoms with Crippen molar-refractivity contribution in [1.29, 1.82) is 0 Å². The molecule has 0 aromatic heterocycles. The number of benzene rings is 1. The highest BCUT2D eigenvalue weighted by atomic mass is 19.1. The molecule has 4 nitrogen and oxygen atoms in total.